The number of carbonyl (C=O) groups excluding carboxylic acids is 2. The molecule has 0 saturated carbocycles. The van der Waals surface area contributed by atoms with E-state index in [1.165, 1.54) is 23.9 Å². The Morgan fingerprint density at radius 2 is 1.71 bits per heavy atom. The summed E-state index contributed by atoms with van der Waals surface area (Å²) in [6.45, 7) is 5.86. The monoisotopic (exact) mass is 484 g/mol. The molecule has 0 aliphatic carbocycles. The summed E-state index contributed by atoms with van der Waals surface area (Å²) in [4.78, 5) is 27.4. The highest BCUT2D eigenvalue weighted by molar-refractivity contribution is 7.99. The van der Waals surface area contributed by atoms with Gasteiger partial charge in [-0.3, -0.25) is 9.59 Å². The van der Waals surface area contributed by atoms with Crippen molar-refractivity contribution in [3.63, 3.8) is 0 Å². The van der Waals surface area contributed by atoms with Crippen LogP contribution in [0.25, 0.3) is 0 Å². The number of nitrogens with one attached hydrogen (secondary N) is 1. The van der Waals surface area contributed by atoms with Gasteiger partial charge in [0.2, 0.25) is 11.8 Å². The van der Waals surface area contributed by atoms with E-state index in [-0.39, 0.29) is 36.0 Å². The minimum absolute atomic E-state index is 0.0339. The number of carbonyl (C=O) groups is 2. The Labute approximate surface area is 197 Å². The number of rotatable bonds is 10. The van der Waals surface area contributed by atoms with E-state index >= 15 is 0 Å². The smallest absolute Gasteiger partial charge is 0.243 e. The van der Waals surface area contributed by atoms with E-state index in [4.69, 9.17) is 23.2 Å². The summed E-state index contributed by atoms with van der Waals surface area (Å²) < 4.78 is 13.3. The highest BCUT2D eigenvalue weighted by Crippen LogP contribution is 2.25. The lowest BCUT2D eigenvalue weighted by atomic mass is 10.1. The first-order valence-electron chi connectivity index (χ1n) is 10.1. The number of benzene rings is 2. The molecular weight excluding hydrogens is 458 g/mol. The fourth-order valence-electron chi connectivity index (χ4n) is 3.06. The molecule has 0 fully saturated rings. The van der Waals surface area contributed by atoms with Crippen LogP contribution in [0.3, 0.4) is 0 Å². The van der Waals surface area contributed by atoms with Crippen LogP contribution in [-0.2, 0) is 21.9 Å². The minimum Gasteiger partial charge on any atom is -0.352 e. The normalized spacial score (nSPS) is 12.0. The van der Waals surface area contributed by atoms with Crippen molar-refractivity contribution in [2.45, 2.75) is 51.6 Å². The molecule has 2 aromatic carbocycles. The van der Waals surface area contributed by atoms with Crippen molar-refractivity contribution in [2.24, 2.45) is 0 Å². The minimum atomic E-state index is -0.606. The molecule has 0 bridgehead atoms. The van der Waals surface area contributed by atoms with E-state index in [1.54, 1.807) is 29.2 Å². The van der Waals surface area contributed by atoms with Crippen LogP contribution in [0.1, 0.15) is 38.3 Å². The van der Waals surface area contributed by atoms with Gasteiger partial charge < -0.3 is 10.2 Å². The molecule has 0 radical (unpaired) electrons. The van der Waals surface area contributed by atoms with Gasteiger partial charge in [0.25, 0.3) is 0 Å². The molecule has 1 atom stereocenters. The molecule has 1 N–H and O–H groups in total. The van der Waals surface area contributed by atoms with Gasteiger partial charge in [-0.2, -0.15) is 0 Å². The van der Waals surface area contributed by atoms with Gasteiger partial charge >= 0.3 is 0 Å². The molecule has 0 heterocycles. The summed E-state index contributed by atoms with van der Waals surface area (Å²) in [5, 5.41) is 3.85. The zero-order valence-corrected chi connectivity index (χ0v) is 20.2. The van der Waals surface area contributed by atoms with Gasteiger partial charge in [0.1, 0.15) is 11.9 Å². The third-order valence-corrected chi connectivity index (χ3v) is 6.29. The van der Waals surface area contributed by atoms with Crippen molar-refractivity contribution in [3.05, 3.63) is 69.5 Å². The van der Waals surface area contributed by atoms with E-state index in [2.05, 4.69) is 5.32 Å². The molecule has 0 spiro atoms. The summed E-state index contributed by atoms with van der Waals surface area (Å²) in [6, 6.07) is 10.7. The maximum absolute atomic E-state index is 13.3. The van der Waals surface area contributed by atoms with E-state index in [0.29, 0.717) is 22.2 Å². The van der Waals surface area contributed by atoms with E-state index in [0.717, 1.165) is 11.1 Å². The van der Waals surface area contributed by atoms with Crippen LogP contribution in [0.2, 0.25) is 10.0 Å². The first-order chi connectivity index (χ1) is 14.7. The Morgan fingerprint density at radius 3 is 2.29 bits per heavy atom. The lowest BCUT2D eigenvalue weighted by Crippen LogP contribution is -2.50. The number of halogens is 3. The molecule has 0 aliphatic rings. The average molecular weight is 485 g/mol. The largest absolute Gasteiger partial charge is 0.352 e. The van der Waals surface area contributed by atoms with Gasteiger partial charge in [-0.1, -0.05) is 48.3 Å². The second-order valence-electron chi connectivity index (χ2n) is 7.48. The SMILES string of the molecule is CC[C@H](C(=O)NC(C)C)N(Cc1ccc(F)cc1)C(=O)CSCc1ccc(Cl)c(Cl)c1. The van der Waals surface area contributed by atoms with Crippen LogP contribution in [-0.4, -0.2) is 34.6 Å². The molecule has 2 aromatic rings. The summed E-state index contributed by atoms with van der Waals surface area (Å²) in [5.74, 6) is 0.0977. The fourth-order valence-corrected chi connectivity index (χ4v) is 4.23. The topological polar surface area (TPSA) is 49.4 Å². The third kappa shape index (κ3) is 8.02. The Balaban J connectivity index is 2.12. The van der Waals surface area contributed by atoms with Crippen molar-refractivity contribution >= 4 is 46.8 Å². The van der Waals surface area contributed by atoms with Gasteiger partial charge in [-0.05, 0) is 55.7 Å². The van der Waals surface area contributed by atoms with Crippen molar-refractivity contribution in [3.8, 4) is 0 Å². The van der Waals surface area contributed by atoms with Crippen molar-refractivity contribution in [1.82, 2.24) is 10.2 Å². The van der Waals surface area contributed by atoms with Crippen molar-refractivity contribution in [1.29, 1.82) is 0 Å². The number of hydrogen-bond donors (Lipinski definition) is 1. The molecule has 4 nitrogen and oxygen atoms in total. The van der Waals surface area contributed by atoms with Crippen LogP contribution in [0.15, 0.2) is 42.5 Å². The first kappa shape index (κ1) is 25.5. The Bertz CT molecular complexity index is 894. The lowest BCUT2D eigenvalue weighted by Gasteiger charge is -2.31. The van der Waals surface area contributed by atoms with Gasteiger partial charge in [0.05, 0.1) is 15.8 Å². The molecule has 8 heteroatoms. The molecular formula is C23H27Cl2FN2O2S. The predicted molar refractivity (Wildman–Crippen MR) is 127 cm³/mol. The number of amides is 2. The molecule has 2 amide bonds. The summed E-state index contributed by atoms with van der Waals surface area (Å²) in [5.41, 5.74) is 1.72. The Hall–Kier alpha value is -1.76. The van der Waals surface area contributed by atoms with Gasteiger partial charge in [0, 0.05) is 18.3 Å². The van der Waals surface area contributed by atoms with Crippen molar-refractivity contribution < 1.29 is 14.0 Å². The van der Waals surface area contributed by atoms with Crippen LogP contribution < -0.4 is 5.32 Å². The van der Waals surface area contributed by atoms with E-state index in [1.807, 2.05) is 26.8 Å². The Morgan fingerprint density at radius 1 is 1.06 bits per heavy atom. The van der Waals surface area contributed by atoms with Crippen LogP contribution in [0.4, 0.5) is 4.39 Å². The standard InChI is InChI=1S/C23H27Cl2FN2O2S/c1-4-21(23(30)27-15(2)3)28(12-16-5-8-18(26)9-6-16)22(29)14-31-13-17-7-10-19(24)20(25)11-17/h5-11,15,21H,4,12-14H2,1-3H3,(H,27,30)/t21-/m1/s1. The fraction of sp³-hybridized carbons (Fsp3) is 0.391. The molecule has 0 aliphatic heterocycles. The summed E-state index contributed by atoms with van der Waals surface area (Å²) in [7, 11) is 0. The average Bonchev–Trinajstić information content (AvgIpc) is 2.71. The Kier molecular flexibility index (Phi) is 10.1. The lowest BCUT2D eigenvalue weighted by molar-refractivity contribution is -0.139. The van der Waals surface area contributed by atoms with Crippen molar-refractivity contribution in [2.75, 3.05) is 5.75 Å². The second-order valence-corrected chi connectivity index (χ2v) is 9.28. The molecule has 2 rings (SSSR count). The highest BCUT2D eigenvalue weighted by Gasteiger charge is 2.28. The molecule has 0 aromatic heterocycles. The third-order valence-electron chi connectivity index (χ3n) is 4.56. The number of nitrogens with zero attached hydrogens (tertiary/aromatic N) is 1. The summed E-state index contributed by atoms with van der Waals surface area (Å²) in [6.07, 6.45) is 0.475. The maximum Gasteiger partial charge on any atom is 0.243 e. The van der Waals surface area contributed by atoms with Gasteiger partial charge in [0.15, 0.2) is 0 Å². The molecule has 0 unspecified atom stereocenters. The van der Waals surface area contributed by atoms with E-state index < -0.39 is 6.04 Å². The number of hydrogen-bond acceptors (Lipinski definition) is 3. The molecule has 0 saturated heterocycles. The predicted octanol–water partition coefficient (Wildman–Crippen LogP) is 5.70. The van der Waals surface area contributed by atoms with Gasteiger partial charge in [-0.25, -0.2) is 4.39 Å². The quantitative estimate of drug-likeness (QED) is 0.470. The zero-order chi connectivity index (χ0) is 23.0. The molecule has 168 valence electrons. The zero-order valence-electron chi connectivity index (χ0n) is 17.8. The van der Waals surface area contributed by atoms with Crippen LogP contribution in [0, 0.1) is 5.82 Å². The number of thioether (sulfide) groups is 1. The summed E-state index contributed by atoms with van der Waals surface area (Å²) >= 11 is 13.4. The van der Waals surface area contributed by atoms with Crippen LogP contribution in [0.5, 0.6) is 0 Å². The van der Waals surface area contributed by atoms with Gasteiger partial charge in [-0.15, -0.1) is 11.8 Å². The van der Waals surface area contributed by atoms with Crippen LogP contribution >= 0.6 is 35.0 Å². The first-order valence-corrected chi connectivity index (χ1v) is 12.0. The highest BCUT2D eigenvalue weighted by atomic mass is 35.5. The molecule has 31 heavy (non-hydrogen) atoms. The maximum atomic E-state index is 13.3. The second kappa shape index (κ2) is 12.3. The van der Waals surface area contributed by atoms with E-state index in [9.17, 15) is 14.0 Å².